The lowest BCUT2D eigenvalue weighted by atomic mass is 10.1. The van der Waals surface area contributed by atoms with Crippen molar-refractivity contribution in [3.8, 4) is 11.4 Å². The number of fused-ring (bicyclic) bond motifs is 1. The van der Waals surface area contributed by atoms with Crippen molar-refractivity contribution < 1.29 is 8.42 Å². The highest BCUT2D eigenvalue weighted by atomic mass is 32.2. The maximum absolute atomic E-state index is 13.3. The van der Waals surface area contributed by atoms with Gasteiger partial charge in [0.25, 0.3) is 10.0 Å². The Morgan fingerprint density at radius 3 is 2.57 bits per heavy atom. The number of aromatic nitrogens is 5. The van der Waals surface area contributed by atoms with Crippen LogP contribution in [-0.4, -0.2) is 33.0 Å². The Hall–Kier alpha value is -2.68. The van der Waals surface area contributed by atoms with E-state index in [2.05, 4.69) is 24.6 Å². The van der Waals surface area contributed by atoms with Crippen molar-refractivity contribution in [2.24, 2.45) is 0 Å². The zero-order chi connectivity index (χ0) is 21.5. The minimum absolute atomic E-state index is 0.0754. The van der Waals surface area contributed by atoms with Gasteiger partial charge in [0.1, 0.15) is 10.7 Å². The minimum Gasteiger partial charge on any atom is -0.311 e. The van der Waals surface area contributed by atoms with Gasteiger partial charge in [0, 0.05) is 24.6 Å². The van der Waals surface area contributed by atoms with Crippen molar-refractivity contribution in [3.63, 3.8) is 0 Å². The molecular weight excluding hydrogens is 400 g/mol. The summed E-state index contributed by atoms with van der Waals surface area (Å²) >= 11 is 0. The zero-order valence-electron chi connectivity index (χ0n) is 17.9. The van der Waals surface area contributed by atoms with Crippen LogP contribution in [0.4, 0.5) is 5.69 Å². The molecule has 3 heterocycles. The fourth-order valence-electron chi connectivity index (χ4n) is 4.19. The van der Waals surface area contributed by atoms with Gasteiger partial charge in [-0.05, 0) is 52.7 Å². The van der Waals surface area contributed by atoms with E-state index in [1.54, 1.807) is 24.6 Å². The lowest BCUT2D eigenvalue weighted by Crippen LogP contribution is -2.16. The lowest BCUT2D eigenvalue weighted by Gasteiger charge is -2.14. The van der Waals surface area contributed by atoms with Crippen LogP contribution >= 0.6 is 0 Å². The van der Waals surface area contributed by atoms with E-state index in [4.69, 9.17) is 0 Å². The Kier molecular flexibility index (Phi) is 5.40. The quantitative estimate of drug-likeness (QED) is 0.666. The molecule has 0 atom stereocenters. The molecule has 0 aliphatic carbocycles. The molecule has 9 heteroatoms. The molecule has 0 bridgehead atoms. The van der Waals surface area contributed by atoms with Crippen LogP contribution in [0.1, 0.15) is 56.4 Å². The number of anilines is 1. The Balaban J connectivity index is 1.75. The van der Waals surface area contributed by atoms with Crippen molar-refractivity contribution in [2.45, 2.75) is 70.9 Å². The second-order valence-corrected chi connectivity index (χ2v) is 9.71. The van der Waals surface area contributed by atoms with Crippen LogP contribution in [0.2, 0.25) is 0 Å². The summed E-state index contributed by atoms with van der Waals surface area (Å²) in [6, 6.07) is 7.43. The maximum Gasteiger partial charge on any atom is 0.265 e. The predicted molar refractivity (Wildman–Crippen MR) is 116 cm³/mol. The SMILES string of the molecule is Cc1nn(C(C)C)c(C)c1S(=O)(=O)Nc1ccccc1-c1nnc2n1CCCCC2. The zero-order valence-corrected chi connectivity index (χ0v) is 18.7. The van der Waals surface area contributed by atoms with Gasteiger partial charge in [-0.15, -0.1) is 10.2 Å². The molecule has 3 aromatic rings. The number of nitrogens with one attached hydrogen (secondary N) is 1. The summed E-state index contributed by atoms with van der Waals surface area (Å²) in [7, 11) is -3.82. The molecule has 8 nitrogen and oxygen atoms in total. The number of hydrogen-bond acceptors (Lipinski definition) is 5. The third-order valence-electron chi connectivity index (χ3n) is 5.54. The second kappa shape index (κ2) is 7.86. The fraction of sp³-hybridized carbons (Fsp3) is 0.476. The van der Waals surface area contributed by atoms with Crippen LogP contribution in [0.25, 0.3) is 11.4 Å². The van der Waals surface area contributed by atoms with Crippen molar-refractivity contribution in [3.05, 3.63) is 41.5 Å². The number of hydrogen-bond donors (Lipinski definition) is 1. The smallest absolute Gasteiger partial charge is 0.265 e. The maximum atomic E-state index is 13.3. The van der Waals surface area contributed by atoms with Gasteiger partial charge in [-0.3, -0.25) is 9.40 Å². The summed E-state index contributed by atoms with van der Waals surface area (Å²) in [5, 5.41) is 13.2. The van der Waals surface area contributed by atoms with Crippen molar-refractivity contribution >= 4 is 15.7 Å². The largest absolute Gasteiger partial charge is 0.311 e. The molecule has 2 aromatic heterocycles. The summed E-state index contributed by atoms with van der Waals surface area (Å²) in [6.07, 6.45) is 4.23. The molecule has 1 aromatic carbocycles. The highest BCUT2D eigenvalue weighted by Crippen LogP contribution is 2.32. The number of sulfonamides is 1. The van der Waals surface area contributed by atoms with Gasteiger partial charge in [0.05, 0.1) is 17.1 Å². The lowest BCUT2D eigenvalue weighted by molar-refractivity contribution is 0.514. The van der Waals surface area contributed by atoms with Crippen LogP contribution in [0.3, 0.4) is 0 Å². The van der Waals surface area contributed by atoms with Crippen molar-refractivity contribution in [1.82, 2.24) is 24.5 Å². The molecule has 0 saturated carbocycles. The normalized spacial score (nSPS) is 14.6. The monoisotopic (exact) mass is 428 g/mol. The van der Waals surface area contributed by atoms with E-state index in [9.17, 15) is 8.42 Å². The molecule has 1 aliphatic rings. The van der Waals surface area contributed by atoms with Crippen LogP contribution in [0, 0.1) is 13.8 Å². The highest BCUT2D eigenvalue weighted by molar-refractivity contribution is 7.92. The molecular formula is C21H28N6O2S. The Morgan fingerprint density at radius 2 is 1.83 bits per heavy atom. The van der Waals surface area contributed by atoms with Gasteiger partial charge in [0.2, 0.25) is 0 Å². The first-order valence-corrected chi connectivity index (χ1v) is 11.9. The van der Waals surface area contributed by atoms with Crippen LogP contribution in [0.5, 0.6) is 0 Å². The van der Waals surface area contributed by atoms with Gasteiger partial charge >= 0.3 is 0 Å². The summed E-state index contributed by atoms with van der Waals surface area (Å²) in [5.74, 6) is 1.67. The van der Waals surface area contributed by atoms with E-state index in [1.807, 2.05) is 32.0 Å². The minimum atomic E-state index is -3.82. The first-order valence-electron chi connectivity index (χ1n) is 10.4. The topological polar surface area (TPSA) is 94.7 Å². The molecule has 4 rings (SSSR count). The van der Waals surface area contributed by atoms with E-state index in [-0.39, 0.29) is 10.9 Å². The Labute approximate surface area is 177 Å². The van der Waals surface area contributed by atoms with Crippen LogP contribution < -0.4 is 4.72 Å². The number of para-hydroxylation sites is 1. The van der Waals surface area contributed by atoms with Crippen LogP contribution in [0.15, 0.2) is 29.2 Å². The van der Waals surface area contributed by atoms with E-state index >= 15 is 0 Å². The van der Waals surface area contributed by atoms with Crippen molar-refractivity contribution in [1.29, 1.82) is 0 Å². The van der Waals surface area contributed by atoms with E-state index in [0.29, 0.717) is 22.9 Å². The third-order valence-corrected chi connectivity index (χ3v) is 7.16. The second-order valence-electron chi connectivity index (χ2n) is 8.09. The summed E-state index contributed by atoms with van der Waals surface area (Å²) in [6.45, 7) is 8.33. The van der Waals surface area contributed by atoms with Gasteiger partial charge in [0.15, 0.2) is 5.82 Å². The summed E-state index contributed by atoms with van der Waals surface area (Å²) in [4.78, 5) is 0.228. The molecule has 0 amide bonds. The number of aryl methyl sites for hydroxylation is 2. The molecule has 0 saturated heterocycles. The van der Waals surface area contributed by atoms with E-state index in [0.717, 1.165) is 43.6 Å². The fourth-order valence-corrected chi connectivity index (χ4v) is 5.67. The molecule has 0 unspecified atom stereocenters. The highest BCUT2D eigenvalue weighted by Gasteiger charge is 2.27. The standard InChI is InChI=1S/C21H28N6O2S/c1-14(2)27-16(4)20(15(3)24-27)30(28,29)25-18-11-8-7-10-17(18)21-23-22-19-12-6-5-9-13-26(19)21/h7-8,10-11,14,25H,5-6,9,12-13H2,1-4H3. The number of rotatable bonds is 5. The van der Waals surface area contributed by atoms with Gasteiger partial charge < -0.3 is 4.57 Å². The molecule has 1 N–H and O–H groups in total. The number of nitrogens with zero attached hydrogens (tertiary/aromatic N) is 5. The molecule has 1 aliphatic heterocycles. The van der Waals surface area contributed by atoms with Crippen LogP contribution in [-0.2, 0) is 23.0 Å². The summed E-state index contributed by atoms with van der Waals surface area (Å²) in [5.41, 5.74) is 2.34. The predicted octanol–water partition coefficient (Wildman–Crippen LogP) is 3.87. The van der Waals surface area contributed by atoms with E-state index < -0.39 is 10.0 Å². The van der Waals surface area contributed by atoms with Gasteiger partial charge in [-0.2, -0.15) is 5.10 Å². The molecule has 0 radical (unpaired) electrons. The Bertz CT molecular complexity index is 1180. The van der Waals surface area contributed by atoms with E-state index in [1.165, 1.54) is 0 Å². The van der Waals surface area contributed by atoms with Gasteiger partial charge in [-0.1, -0.05) is 18.6 Å². The molecule has 0 spiro atoms. The first kappa shape index (κ1) is 20.6. The molecule has 160 valence electrons. The Morgan fingerprint density at radius 1 is 1.07 bits per heavy atom. The molecule has 0 fully saturated rings. The van der Waals surface area contributed by atoms with Crippen molar-refractivity contribution in [2.75, 3.05) is 4.72 Å². The molecule has 30 heavy (non-hydrogen) atoms. The van der Waals surface area contributed by atoms with Gasteiger partial charge in [-0.25, -0.2) is 8.42 Å². The average Bonchev–Trinajstić information content (AvgIpc) is 3.13. The third kappa shape index (κ3) is 3.62. The first-order chi connectivity index (χ1) is 14.3. The number of benzene rings is 1. The summed E-state index contributed by atoms with van der Waals surface area (Å²) < 4.78 is 33.3. The average molecular weight is 429 g/mol.